The number of rotatable bonds is 4. The molecule has 0 spiro atoms. The van der Waals surface area contributed by atoms with Gasteiger partial charge in [0.15, 0.2) is 5.84 Å². The quantitative estimate of drug-likeness (QED) is 0.281. The molecule has 0 heterocycles. The van der Waals surface area contributed by atoms with Crippen molar-refractivity contribution in [2.75, 3.05) is 0 Å². The number of phenolic OH excluding ortho intramolecular Hbond substituents is 1. The van der Waals surface area contributed by atoms with Crippen LogP contribution in [0.3, 0.4) is 0 Å². The zero-order chi connectivity index (χ0) is 14.0. The summed E-state index contributed by atoms with van der Waals surface area (Å²) in [4.78, 5) is 12.1. The molecule has 102 valence electrons. The van der Waals surface area contributed by atoms with Gasteiger partial charge in [-0.05, 0) is 43.4 Å². The molecule has 0 bridgehead atoms. The Morgan fingerprint density at radius 2 is 2.21 bits per heavy atom. The highest BCUT2D eigenvalue weighted by Crippen LogP contribution is 2.33. The number of benzene rings is 1. The number of aromatic hydroxyl groups is 1. The van der Waals surface area contributed by atoms with Gasteiger partial charge < -0.3 is 21.4 Å². The van der Waals surface area contributed by atoms with E-state index >= 15 is 0 Å². The third-order valence-corrected chi connectivity index (χ3v) is 3.29. The molecule has 1 aliphatic carbocycles. The van der Waals surface area contributed by atoms with Crippen molar-refractivity contribution < 1.29 is 15.1 Å². The van der Waals surface area contributed by atoms with Crippen LogP contribution in [0, 0.1) is 12.8 Å². The first kappa shape index (κ1) is 13.2. The minimum atomic E-state index is -0.457. The van der Waals surface area contributed by atoms with Crippen molar-refractivity contribution in [2.24, 2.45) is 16.8 Å². The van der Waals surface area contributed by atoms with Gasteiger partial charge in [-0.2, -0.15) is 0 Å². The van der Waals surface area contributed by atoms with Gasteiger partial charge in [-0.15, -0.1) is 0 Å². The molecule has 19 heavy (non-hydrogen) atoms. The number of phenols is 1. The average molecular weight is 263 g/mol. The number of aryl methyl sites for hydroxylation is 1. The lowest BCUT2D eigenvalue weighted by Gasteiger charge is -2.16. The Morgan fingerprint density at radius 1 is 1.53 bits per heavy atom. The average Bonchev–Trinajstić information content (AvgIpc) is 3.22. The molecular formula is C13H17N3O3. The number of oxime groups is 1. The van der Waals surface area contributed by atoms with Crippen LogP contribution in [0.1, 0.15) is 28.8 Å². The molecule has 0 saturated heterocycles. The van der Waals surface area contributed by atoms with Crippen molar-refractivity contribution in [1.82, 2.24) is 5.32 Å². The molecule has 1 fully saturated rings. The Bertz CT molecular complexity index is 524. The highest BCUT2D eigenvalue weighted by atomic mass is 16.4. The van der Waals surface area contributed by atoms with Gasteiger partial charge in [-0.25, -0.2) is 0 Å². The van der Waals surface area contributed by atoms with Crippen molar-refractivity contribution in [3.63, 3.8) is 0 Å². The lowest BCUT2D eigenvalue weighted by atomic mass is 10.1. The van der Waals surface area contributed by atoms with E-state index in [0.717, 1.165) is 12.8 Å². The Kier molecular flexibility index (Phi) is 3.59. The van der Waals surface area contributed by atoms with E-state index in [9.17, 15) is 9.90 Å². The number of carbonyl (C=O) groups excluding carboxylic acids is 1. The molecule has 0 aliphatic heterocycles. The molecule has 6 heteroatoms. The van der Waals surface area contributed by atoms with Crippen LogP contribution in [-0.2, 0) is 0 Å². The largest absolute Gasteiger partial charge is 0.508 e. The van der Waals surface area contributed by atoms with Gasteiger partial charge in [-0.3, -0.25) is 4.79 Å². The maximum atomic E-state index is 12.1. The number of nitrogens with zero attached hydrogens (tertiary/aromatic N) is 1. The molecule has 1 aromatic rings. The normalized spacial score (nSPS) is 17.0. The molecule has 6 nitrogen and oxygen atoms in total. The lowest BCUT2D eigenvalue weighted by molar-refractivity contribution is 0.0942. The maximum Gasteiger partial charge on any atom is 0.252 e. The van der Waals surface area contributed by atoms with Crippen LogP contribution in [-0.4, -0.2) is 28.1 Å². The predicted octanol–water partition coefficient (Wildman–Crippen LogP) is 0.955. The Balaban J connectivity index is 2.12. The molecule has 5 N–H and O–H groups in total. The van der Waals surface area contributed by atoms with Crippen LogP contribution in [0.5, 0.6) is 5.75 Å². The molecule has 0 radical (unpaired) electrons. The second-order valence-corrected chi connectivity index (χ2v) is 4.81. The predicted molar refractivity (Wildman–Crippen MR) is 70.2 cm³/mol. The summed E-state index contributed by atoms with van der Waals surface area (Å²) in [6.45, 7) is 1.75. The fraction of sp³-hybridized carbons (Fsp3) is 0.385. The first-order chi connectivity index (χ1) is 9.02. The first-order valence-corrected chi connectivity index (χ1v) is 6.11. The summed E-state index contributed by atoms with van der Waals surface area (Å²) in [6, 6.07) is 4.24. The summed E-state index contributed by atoms with van der Waals surface area (Å²) in [5.41, 5.74) is 6.62. The number of carbonyl (C=O) groups is 1. The monoisotopic (exact) mass is 263 g/mol. The molecule has 2 rings (SSSR count). The van der Waals surface area contributed by atoms with E-state index in [4.69, 9.17) is 10.9 Å². The van der Waals surface area contributed by atoms with Gasteiger partial charge in [0, 0.05) is 5.56 Å². The summed E-state index contributed by atoms with van der Waals surface area (Å²) in [7, 11) is 0. The number of amidine groups is 1. The van der Waals surface area contributed by atoms with Crippen LogP contribution in [0.15, 0.2) is 23.4 Å². The van der Waals surface area contributed by atoms with Crippen molar-refractivity contribution >= 4 is 11.7 Å². The van der Waals surface area contributed by atoms with Gasteiger partial charge in [0.05, 0.1) is 6.04 Å². The molecule has 1 saturated carbocycles. The minimum Gasteiger partial charge on any atom is -0.508 e. The van der Waals surface area contributed by atoms with E-state index in [-0.39, 0.29) is 23.4 Å². The zero-order valence-corrected chi connectivity index (χ0v) is 10.6. The molecule has 1 amide bonds. The molecule has 1 aliphatic rings. The second kappa shape index (κ2) is 5.17. The Morgan fingerprint density at radius 3 is 2.74 bits per heavy atom. The molecular weight excluding hydrogens is 246 g/mol. The summed E-state index contributed by atoms with van der Waals surface area (Å²) in [5.74, 6) is -0.0516. The van der Waals surface area contributed by atoms with Crippen molar-refractivity contribution in [1.29, 1.82) is 0 Å². The number of nitrogens with one attached hydrogen (secondary N) is 1. The first-order valence-electron chi connectivity index (χ1n) is 6.11. The second-order valence-electron chi connectivity index (χ2n) is 4.81. The topological polar surface area (TPSA) is 108 Å². The van der Waals surface area contributed by atoms with Crippen LogP contribution in [0.4, 0.5) is 0 Å². The standard InChI is InChI=1S/C13H17N3O3/c1-7-2-3-9(6-10(7)17)13(18)15-11(8-4-5-8)12(14)16-19/h2-3,6,8,11,17,19H,4-5H2,1H3,(H2,14,16)(H,15,18). The van der Waals surface area contributed by atoms with Crippen molar-refractivity contribution in [2.45, 2.75) is 25.8 Å². The van der Waals surface area contributed by atoms with Gasteiger partial charge in [0.25, 0.3) is 5.91 Å². The number of amides is 1. The van der Waals surface area contributed by atoms with Gasteiger partial charge in [-0.1, -0.05) is 11.2 Å². The van der Waals surface area contributed by atoms with E-state index in [1.54, 1.807) is 19.1 Å². The SMILES string of the molecule is Cc1ccc(C(=O)NC(C(N)=NO)C2CC2)cc1O. The zero-order valence-electron chi connectivity index (χ0n) is 10.6. The Labute approximate surface area is 110 Å². The van der Waals surface area contributed by atoms with Crippen molar-refractivity contribution in [3.8, 4) is 5.75 Å². The number of hydrogen-bond acceptors (Lipinski definition) is 4. The van der Waals surface area contributed by atoms with Crippen LogP contribution in [0.25, 0.3) is 0 Å². The summed E-state index contributed by atoms with van der Waals surface area (Å²) in [6.07, 6.45) is 1.89. The highest BCUT2D eigenvalue weighted by Gasteiger charge is 2.35. The summed E-state index contributed by atoms with van der Waals surface area (Å²) in [5, 5.41) is 24.0. The van der Waals surface area contributed by atoms with E-state index in [1.165, 1.54) is 6.07 Å². The number of nitrogens with two attached hydrogens (primary N) is 1. The van der Waals surface area contributed by atoms with E-state index in [0.29, 0.717) is 11.1 Å². The molecule has 0 aromatic heterocycles. The molecule has 1 atom stereocenters. The van der Waals surface area contributed by atoms with Crippen LogP contribution < -0.4 is 11.1 Å². The lowest BCUT2D eigenvalue weighted by Crippen LogP contribution is -2.46. The van der Waals surface area contributed by atoms with Gasteiger partial charge >= 0.3 is 0 Å². The fourth-order valence-corrected chi connectivity index (χ4v) is 1.90. The van der Waals surface area contributed by atoms with E-state index in [2.05, 4.69) is 10.5 Å². The third-order valence-electron chi connectivity index (χ3n) is 3.29. The van der Waals surface area contributed by atoms with E-state index in [1.807, 2.05) is 0 Å². The third kappa shape index (κ3) is 2.96. The van der Waals surface area contributed by atoms with Gasteiger partial charge in [0.2, 0.25) is 0 Å². The van der Waals surface area contributed by atoms with E-state index < -0.39 is 6.04 Å². The number of hydrogen-bond donors (Lipinski definition) is 4. The van der Waals surface area contributed by atoms with Crippen molar-refractivity contribution in [3.05, 3.63) is 29.3 Å². The smallest absolute Gasteiger partial charge is 0.252 e. The maximum absolute atomic E-state index is 12.1. The molecule has 1 aromatic carbocycles. The summed E-state index contributed by atoms with van der Waals surface area (Å²) >= 11 is 0. The van der Waals surface area contributed by atoms with Gasteiger partial charge in [0.1, 0.15) is 5.75 Å². The summed E-state index contributed by atoms with van der Waals surface area (Å²) < 4.78 is 0. The van der Waals surface area contributed by atoms with Crippen LogP contribution >= 0.6 is 0 Å². The highest BCUT2D eigenvalue weighted by molar-refractivity contribution is 5.98. The fourth-order valence-electron chi connectivity index (χ4n) is 1.90. The minimum absolute atomic E-state index is 0.00665. The Hall–Kier alpha value is -2.24. The molecule has 1 unspecified atom stereocenters. The van der Waals surface area contributed by atoms with Crippen LogP contribution in [0.2, 0.25) is 0 Å².